The quantitative estimate of drug-likeness (QED) is 0.177. The number of aromatic nitrogens is 6. The third kappa shape index (κ3) is 4.47. The number of pyridine rings is 4. The van der Waals surface area contributed by atoms with Crippen molar-refractivity contribution >= 4 is 54.9 Å². The summed E-state index contributed by atoms with van der Waals surface area (Å²) in [5.74, 6) is 2.71. The zero-order chi connectivity index (χ0) is 32.7. The van der Waals surface area contributed by atoms with Crippen LogP contribution in [-0.2, 0) is 0 Å². The first-order valence-electron chi connectivity index (χ1n) is 17.4. The number of hydrogen-bond acceptors (Lipinski definition) is 5. The lowest BCUT2D eigenvalue weighted by molar-refractivity contribution is 0.445. The van der Waals surface area contributed by atoms with E-state index >= 15 is 0 Å². The fourth-order valence-electron chi connectivity index (χ4n) is 8.09. The first-order valence-corrected chi connectivity index (χ1v) is 17.4. The van der Waals surface area contributed by atoms with E-state index in [1.54, 1.807) is 0 Å². The molecule has 6 aromatic heterocycles. The summed E-state index contributed by atoms with van der Waals surface area (Å²) in [6.45, 7) is 11.2. The average Bonchev–Trinajstić information content (AvgIpc) is 3.80. The van der Waals surface area contributed by atoms with Crippen LogP contribution in [0.3, 0.4) is 0 Å². The van der Waals surface area contributed by atoms with E-state index in [-0.39, 0.29) is 0 Å². The van der Waals surface area contributed by atoms with Crippen molar-refractivity contribution < 1.29 is 4.74 Å². The van der Waals surface area contributed by atoms with Gasteiger partial charge in [-0.25, -0.2) is 9.97 Å². The SMILES string of the molecule is Cc1cc(C(C)C)cc2c1c1ncc(Oc3cnc4c(c3)c3nccn3c3cc(C(C)C)cc(C5CCCCC5)c43)cc1c1nccn21. The van der Waals surface area contributed by atoms with Gasteiger partial charge in [-0.2, -0.15) is 0 Å². The van der Waals surface area contributed by atoms with Gasteiger partial charge in [-0.15, -0.1) is 0 Å². The van der Waals surface area contributed by atoms with E-state index in [2.05, 4.69) is 86.0 Å². The summed E-state index contributed by atoms with van der Waals surface area (Å²) in [6, 6.07) is 13.5. The Morgan fingerprint density at radius 3 is 1.77 bits per heavy atom. The summed E-state index contributed by atoms with van der Waals surface area (Å²) in [5, 5.41) is 4.34. The molecule has 6 heterocycles. The molecule has 7 heteroatoms. The summed E-state index contributed by atoms with van der Waals surface area (Å²) in [7, 11) is 0. The minimum absolute atomic E-state index is 0.430. The van der Waals surface area contributed by atoms with Gasteiger partial charge in [-0.3, -0.25) is 18.8 Å². The summed E-state index contributed by atoms with van der Waals surface area (Å²) < 4.78 is 11.0. The number of fused-ring (bicyclic) bond motifs is 12. The lowest BCUT2D eigenvalue weighted by atomic mass is 9.80. The highest BCUT2D eigenvalue weighted by atomic mass is 16.5. The monoisotopic (exact) mass is 632 g/mol. The molecule has 0 atom stereocenters. The molecule has 48 heavy (non-hydrogen) atoms. The number of rotatable bonds is 5. The lowest BCUT2D eigenvalue weighted by Crippen LogP contribution is -2.08. The Hall–Kier alpha value is -5.04. The van der Waals surface area contributed by atoms with Gasteiger partial charge in [0.2, 0.25) is 0 Å². The maximum Gasteiger partial charge on any atom is 0.146 e. The van der Waals surface area contributed by atoms with Crippen molar-refractivity contribution in [3.8, 4) is 11.5 Å². The summed E-state index contributed by atoms with van der Waals surface area (Å²) >= 11 is 0. The van der Waals surface area contributed by atoms with Gasteiger partial charge in [0, 0.05) is 46.3 Å². The van der Waals surface area contributed by atoms with Crippen molar-refractivity contribution in [1.29, 1.82) is 0 Å². The number of hydrogen-bond donors (Lipinski definition) is 0. The summed E-state index contributed by atoms with van der Waals surface area (Å²) in [6.07, 6.45) is 17.9. The molecule has 1 aliphatic carbocycles. The molecule has 0 N–H and O–H groups in total. The first kappa shape index (κ1) is 29.1. The van der Waals surface area contributed by atoms with Crippen molar-refractivity contribution in [3.63, 3.8) is 0 Å². The van der Waals surface area contributed by atoms with E-state index in [0.29, 0.717) is 29.3 Å². The Balaban J connectivity index is 1.20. The molecule has 1 fully saturated rings. The molecule has 0 unspecified atom stereocenters. The van der Waals surface area contributed by atoms with Crippen molar-refractivity contribution in [2.75, 3.05) is 0 Å². The van der Waals surface area contributed by atoms with Crippen LogP contribution >= 0.6 is 0 Å². The molecule has 240 valence electrons. The van der Waals surface area contributed by atoms with E-state index < -0.39 is 0 Å². The van der Waals surface area contributed by atoms with Gasteiger partial charge in [-0.1, -0.05) is 59.1 Å². The van der Waals surface area contributed by atoms with Crippen LogP contribution in [0.15, 0.2) is 73.6 Å². The molecule has 0 spiro atoms. The van der Waals surface area contributed by atoms with Gasteiger partial charge in [-0.05, 0) is 84.0 Å². The van der Waals surface area contributed by atoms with Crippen molar-refractivity contribution in [2.24, 2.45) is 0 Å². The highest BCUT2D eigenvalue weighted by molar-refractivity contribution is 6.12. The Labute approximate surface area is 279 Å². The number of nitrogens with zero attached hydrogens (tertiary/aromatic N) is 6. The van der Waals surface area contributed by atoms with Crippen molar-refractivity contribution in [2.45, 2.75) is 84.5 Å². The molecular formula is C41H40N6O. The maximum absolute atomic E-state index is 6.55. The van der Waals surface area contributed by atoms with E-state index in [9.17, 15) is 0 Å². The molecule has 0 radical (unpaired) electrons. The highest BCUT2D eigenvalue weighted by Gasteiger charge is 2.24. The van der Waals surface area contributed by atoms with Gasteiger partial charge in [0.15, 0.2) is 0 Å². The standard InChI is InChI=1S/C41H40N6O/c1-23(2)27-15-25(5)36-34(17-27)46-13-11-42-40(46)32-19-29(21-44-38(32)36)48-30-20-33-39(45-22-30)37-31(26-9-7-6-8-10-26)16-28(24(3)4)18-35(37)47-14-12-43-41(33)47/h11-24,26H,6-10H2,1-5H3. The molecular weight excluding hydrogens is 592 g/mol. The predicted octanol–water partition coefficient (Wildman–Crippen LogP) is 10.8. The van der Waals surface area contributed by atoms with Crippen LogP contribution in [0.1, 0.15) is 99.8 Å². The molecule has 2 aromatic carbocycles. The number of ether oxygens (including phenoxy) is 1. The number of imidazole rings is 2. The van der Waals surface area contributed by atoms with Gasteiger partial charge >= 0.3 is 0 Å². The minimum Gasteiger partial charge on any atom is -0.454 e. The average molecular weight is 633 g/mol. The molecule has 1 saturated carbocycles. The second kappa shape index (κ2) is 11.0. The van der Waals surface area contributed by atoms with E-state index in [1.807, 2.05) is 31.0 Å². The van der Waals surface area contributed by atoms with Crippen LogP contribution in [0.2, 0.25) is 0 Å². The van der Waals surface area contributed by atoms with Crippen LogP contribution in [0.5, 0.6) is 11.5 Å². The molecule has 0 aliphatic heterocycles. The Kier molecular flexibility index (Phi) is 6.68. The number of aryl methyl sites for hydroxylation is 1. The van der Waals surface area contributed by atoms with Crippen LogP contribution in [-0.4, -0.2) is 28.7 Å². The zero-order valence-corrected chi connectivity index (χ0v) is 28.3. The second-order valence-electron chi connectivity index (χ2n) is 14.4. The fraction of sp³-hybridized carbons (Fsp3) is 0.317. The number of benzene rings is 2. The third-order valence-corrected chi connectivity index (χ3v) is 10.6. The lowest BCUT2D eigenvalue weighted by Gasteiger charge is -2.25. The summed E-state index contributed by atoms with van der Waals surface area (Å²) in [4.78, 5) is 19.7. The maximum atomic E-state index is 6.55. The molecule has 7 nitrogen and oxygen atoms in total. The minimum atomic E-state index is 0.430. The van der Waals surface area contributed by atoms with Gasteiger partial charge in [0.05, 0.1) is 34.5 Å². The molecule has 1 aliphatic rings. The van der Waals surface area contributed by atoms with E-state index in [4.69, 9.17) is 24.7 Å². The van der Waals surface area contributed by atoms with Gasteiger partial charge < -0.3 is 4.74 Å². The predicted molar refractivity (Wildman–Crippen MR) is 195 cm³/mol. The Morgan fingerprint density at radius 2 is 1.19 bits per heavy atom. The molecule has 9 rings (SSSR count). The topological polar surface area (TPSA) is 69.6 Å². The van der Waals surface area contributed by atoms with Crippen LogP contribution in [0.25, 0.3) is 54.9 Å². The van der Waals surface area contributed by atoms with E-state index in [1.165, 1.54) is 65.3 Å². The smallest absolute Gasteiger partial charge is 0.146 e. The van der Waals surface area contributed by atoms with Crippen LogP contribution in [0, 0.1) is 6.92 Å². The largest absolute Gasteiger partial charge is 0.454 e. The van der Waals surface area contributed by atoms with Gasteiger partial charge in [0.1, 0.15) is 22.8 Å². The normalized spacial score (nSPS) is 14.6. The van der Waals surface area contributed by atoms with Gasteiger partial charge in [0.25, 0.3) is 0 Å². The molecule has 0 amide bonds. The molecule has 8 aromatic rings. The fourth-order valence-corrected chi connectivity index (χ4v) is 8.09. The third-order valence-electron chi connectivity index (χ3n) is 10.6. The van der Waals surface area contributed by atoms with Crippen LogP contribution in [0.4, 0.5) is 0 Å². The second-order valence-corrected chi connectivity index (χ2v) is 14.4. The zero-order valence-electron chi connectivity index (χ0n) is 28.3. The molecule has 0 bridgehead atoms. The molecule has 0 saturated heterocycles. The first-order chi connectivity index (χ1) is 23.4. The van der Waals surface area contributed by atoms with Crippen LogP contribution < -0.4 is 4.74 Å². The summed E-state index contributed by atoms with van der Waals surface area (Å²) in [5.41, 5.74) is 11.3. The highest BCUT2D eigenvalue weighted by Crippen LogP contribution is 2.42. The van der Waals surface area contributed by atoms with E-state index in [0.717, 1.165) is 44.0 Å². The van der Waals surface area contributed by atoms with Crippen molar-refractivity contribution in [3.05, 3.63) is 95.8 Å². The Morgan fingerprint density at radius 1 is 0.646 bits per heavy atom. The Bertz CT molecular complexity index is 2550. The van der Waals surface area contributed by atoms with Crippen molar-refractivity contribution in [1.82, 2.24) is 28.7 Å².